The summed E-state index contributed by atoms with van der Waals surface area (Å²) in [5, 5.41) is 24.3. The van der Waals surface area contributed by atoms with Crippen LogP contribution in [0, 0.1) is 27.3 Å². The largest absolute Gasteiger partial charge is 0.496 e. The molecule has 9 heteroatoms. The minimum atomic E-state index is -1.12. The molecule has 0 spiro atoms. The summed E-state index contributed by atoms with van der Waals surface area (Å²) in [5.74, 6) is -1.55. The normalized spacial score (nSPS) is 16.6. The Hall–Kier alpha value is -3.80. The topological polar surface area (TPSA) is 113 Å². The minimum absolute atomic E-state index is 0.00746. The molecule has 1 unspecified atom stereocenters. The Kier molecular flexibility index (Phi) is 4.81. The number of nitriles is 1. The van der Waals surface area contributed by atoms with E-state index in [0.29, 0.717) is 5.69 Å². The molecule has 0 saturated heterocycles. The second kappa shape index (κ2) is 7.21. The monoisotopic (exact) mass is 370 g/mol. The van der Waals surface area contributed by atoms with Crippen LogP contribution in [0.5, 0.6) is 5.75 Å². The van der Waals surface area contributed by atoms with Gasteiger partial charge >= 0.3 is 5.70 Å². The average molecular weight is 370 g/mol. The predicted molar refractivity (Wildman–Crippen MR) is 93.2 cm³/mol. The number of methoxy groups -OCH3 is 1. The van der Waals surface area contributed by atoms with Gasteiger partial charge in [-0.25, -0.2) is 4.39 Å². The third kappa shape index (κ3) is 3.08. The molecule has 1 aliphatic rings. The molecule has 8 nitrogen and oxygen atoms in total. The van der Waals surface area contributed by atoms with Gasteiger partial charge in [0.25, 0.3) is 5.88 Å². The summed E-state index contributed by atoms with van der Waals surface area (Å²) >= 11 is 0. The minimum Gasteiger partial charge on any atom is -0.496 e. The number of benzene rings is 1. The molecule has 1 aliphatic heterocycles. The van der Waals surface area contributed by atoms with Gasteiger partial charge in [0, 0.05) is 24.9 Å². The summed E-state index contributed by atoms with van der Waals surface area (Å²) in [6, 6.07) is 9.03. The highest BCUT2D eigenvalue weighted by Gasteiger charge is 2.43. The number of halogens is 1. The van der Waals surface area contributed by atoms with Crippen molar-refractivity contribution in [2.24, 2.45) is 0 Å². The van der Waals surface area contributed by atoms with Crippen molar-refractivity contribution >= 4 is 5.76 Å². The van der Waals surface area contributed by atoms with E-state index in [4.69, 9.17) is 9.47 Å². The SMILES string of the molecule is CNC1=C([N+](=O)[O-])C(c2ccc(F)cc2OC)C(C#N)=C(c2ccc[nH]2)O1. The molecule has 1 aromatic carbocycles. The molecule has 2 N–H and O–H groups in total. The maximum Gasteiger partial charge on any atom is 0.318 e. The second-order valence-corrected chi connectivity index (χ2v) is 5.58. The molecule has 0 amide bonds. The maximum absolute atomic E-state index is 13.6. The number of ether oxygens (including phenoxy) is 2. The van der Waals surface area contributed by atoms with E-state index < -0.39 is 16.7 Å². The van der Waals surface area contributed by atoms with Gasteiger partial charge in [0.15, 0.2) is 5.76 Å². The van der Waals surface area contributed by atoms with Crippen LogP contribution < -0.4 is 10.1 Å². The van der Waals surface area contributed by atoms with E-state index in [9.17, 15) is 19.8 Å². The third-order valence-electron chi connectivity index (χ3n) is 4.14. The summed E-state index contributed by atoms with van der Waals surface area (Å²) in [6.45, 7) is 0. The number of hydrogen-bond donors (Lipinski definition) is 2. The van der Waals surface area contributed by atoms with Crippen molar-refractivity contribution in [2.75, 3.05) is 14.2 Å². The molecule has 27 heavy (non-hydrogen) atoms. The summed E-state index contributed by atoms with van der Waals surface area (Å²) in [7, 11) is 2.80. The van der Waals surface area contributed by atoms with E-state index in [1.54, 1.807) is 18.3 Å². The zero-order chi connectivity index (χ0) is 19.6. The van der Waals surface area contributed by atoms with Crippen LogP contribution in [-0.2, 0) is 4.74 Å². The summed E-state index contributed by atoms with van der Waals surface area (Å²) in [5.41, 5.74) is 0.400. The quantitative estimate of drug-likeness (QED) is 0.618. The predicted octanol–water partition coefficient (Wildman–Crippen LogP) is 2.88. The lowest BCUT2D eigenvalue weighted by atomic mass is 9.85. The molecule has 138 valence electrons. The second-order valence-electron chi connectivity index (χ2n) is 5.58. The van der Waals surface area contributed by atoms with Crippen LogP contribution in [0.2, 0.25) is 0 Å². The summed E-state index contributed by atoms with van der Waals surface area (Å²) < 4.78 is 24.5. The van der Waals surface area contributed by atoms with E-state index in [0.717, 1.165) is 12.1 Å². The van der Waals surface area contributed by atoms with Gasteiger partial charge in [-0.15, -0.1) is 0 Å². The van der Waals surface area contributed by atoms with Crippen molar-refractivity contribution in [2.45, 2.75) is 5.92 Å². The van der Waals surface area contributed by atoms with Crippen LogP contribution in [0.3, 0.4) is 0 Å². The first-order valence-electron chi connectivity index (χ1n) is 7.87. The summed E-state index contributed by atoms with van der Waals surface area (Å²) in [4.78, 5) is 14.1. The molecule has 1 aromatic heterocycles. The Morgan fingerprint density at radius 2 is 2.22 bits per heavy atom. The number of rotatable bonds is 5. The van der Waals surface area contributed by atoms with Gasteiger partial charge in [0.2, 0.25) is 0 Å². The van der Waals surface area contributed by atoms with Crippen LogP contribution in [-0.4, -0.2) is 24.1 Å². The Morgan fingerprint density at radius 3 is 2.78 bits per heavy atom. The first kappa shape index (κ1) is 18.0. The van der Waals surface area contributed by atoms with Gasteiger partial charge in [-0.05, 0) is 18.2 Å². The van der Waals surface area contributed by atoms with Crippen LogP contribution in [0.15, 0.2) is 53.7 Å². The Labute approximate surface area is 153 Å². The first-order valence-corrected chi connectivity index (χ1v) is 7.87. The van der Waals surface area contributed by atoms with Crippen molar-refractivity contribution in [1.29, 1.82) is 5.26 Å². The lowest BCUT2D eigenvalue weighted by Gasteiger charge is -2.25. The van der Waals surface area contributed by atoms with Gasteiger partial charge in [-0.1, -0.05) is 6.07 Å². The van der Waals surface area contributed by atoms with Gasteiger partial charge in [0.05, 0.1) is 29.4 Å². The van der Waals surface area contributed by atoms with Gasteiger partial charge in [0.1, 0.15) is 17.5 Å². The van der Waals surface area contributed by atoms with Crippen molar-refractivity contribution in [3.8, 4) is 11.8 Å². The average Bonchev–Trinajstić information content (AvgIpc) is 3.20. The molecule has 0 fully saturated rings. The molecule has 2 aromatic rings. The Balaban J connectivity index is 2.33. The molecule has 0 bridgehead atoms. The van der Waals surface area contributed by atoms with Gasteiger partial charge < -0.3 is 19.8 Å². The number of nitro groups is 1. The highest BCUT2D eigenvalue weighted by atomic mass is 19.1. The molecule has 2 heterocycles. The number of aromatic amines is 1. The number of hydrogen-bond acceptors (Lipinski definition) is 6. The van der Waals surface area contributed by atoms with Gasteiger partial charge in [-0.2, -0.15) is 5.26 Å². The standard InChI is InChI=1S/C18H15FN4O4/c1-21-18-16(23(24)25)15(11-6-5-10(19)8-14(11)26-2)12(9-20)17(27-18)13-4-3-7-22-13/h3-8,15,21-22H,1-2H3. The Morgan fingerprint density at radius 1 is 1.44 bits per heavy atom. The molecular formula is C18H15FN4O4. The number of H-pyrrole nitrogens is 1. The number of allylic oxidation sites excluding steroid dienone is 1. The van der Waals surface area contributed by atoms with Crippen molar-refractivity contribution in [3.05, 3.63) is 80.9 Å². The molecule has 0 radical (unpaired) electrons. The van der Waals surface area contributed by atoms with Crippen molar-refractivity contribution < 1.29 is 18.8 Å². The van der Waals surface area contributed by atoms with E-state index in [2.05, 4.69) is 10.3 Å². The fraction of sp³-hybridized carbons (Fsp3) is 0.167. The van der Waals surface area contributed by atoms with Crippen molar-refractivity contribution in [1.82, 2.24) is 10.3 Å². The van der Waals surface area contributed by atoms with Crippen LogP contribution in [0.25, 0.3) is 5.76 Å². The molecule has 0 saturated carbocycles. The van der Waals surface area contributed by atoms with E-state index >= 15 is 0 Å². The number of nitrogens with one attached hydrogen (secondary N) is 2. The van der Waals surface area contributed by atoms with Gasteiger partial charge in [-0.3, -0.25) is 10.1 Å². The maximum atomic E-state index is 13.6. The fourth-order valence-electron chi connectivity index (χ4n) is 2.99. The first-order chi connectivity index (χ1) is 13.0. The molecule has 1 atom stereocenters. The summed E-state index contributed by atoms with van der Waals surface area (Å²) in [6.07, 6.45) is 1.64. The van der Waals surface area contributed by atoms with Crippen molar-refractivity contribution in [3.63, 3.8) is 0 Å². The zero-order valence-electron chi connectivity index (χ0n) is 14.4. The molecular weight excluding hydrogens is 355 g/mol. The fourth-order valence-corrected chi connectivity index (χ4v) is 2.99. The van der Waals surface area contributed by atoms with E-state index in [-0.39, 0.29) is 34.2 Å². The molecule has 3 rings (SSSR count). The van der Waals surface area contributed by atoms with Crippen LogP contribution in [0.1, 0.15) is 17.2 Å². The number of aromatic nitrogens is 1. The zero-order valence-corrected chi connectivity index (χ0v) is 14.4. The lowest BCUT2D eigenvalue weighted by Crippen LogP contribution is -2.27. The lowest BCUT2D eigenvalue weighted by molar-refractivity contribution is -0.433. The van der Waals surface area contributed by atoms with Crippen LogP contribution in [0.4, 0.5) is 4.39 Å². The smallest absolute Gasteiger partial charge is 0.318 e. The highest BCUT2D eigenvalue weighted by molar-refractivity contribution is 5.71. The number of nitrogens with zero attached hydrogens (tertiary/aromatic N) is 2. The highest BCUT2D eigenvalue weighted by Crippen LogP contribution is 2.45. The molecule has 0 aliphatic carbocycles. The third-order valence-corrected chi connectivity index (χ3v) is 4.14. The Bertz CT molecular complexity index is 989. The van der Waals surface area contributed by atoms with Crippen LogP contribution >= 0.6 is 0 Å². The van der Waals surface area contributed by atoms with E-state index in [1.807, 2.05) is 6.07 Å². The van der Waals surface area contributed by atoms with E-state index in [1.165, 1.54) is 20.2 Å².